The fraction of sp³-hybridized carbons (Fsp3) is 0.435. The first kappa shape index (κ1) is 22.2. The number of hydrogen-bond acceptors (Lipinski definition) is 6. The number of likely N-dealkylation sites (tertiary alicyclic amines) is 1. The summed E-state index contributed by atoms with van der Waals surface area (Å²) in [6, 6.07) is 7.75. The van der Waals surface area contributed by atoms with Crippen molar-refractivity contribution in [2.45, 2.75) is 29.9 Å². The minimum absolute atomic E-state index is 0.0574. The maximum atomic E-state index is 13.0. The summed E-state index contributed by atoms with van der Waals surface area (Å²) in [4.78, 5) is 16.5. The van der Waals surface area contributed by atoms with Crippen molar-refractivity contribution in [3.63, 3.8) is 0 Å². The number of thiophene rings is 1. The van der Waals surface area contributed by atoms with Crippen molar-refractivity contribution < 1.29 is 9.18 Å². The number of nitrogens with zero attached hydrogens (tertiary/aromatic N) is 2. The molecule has 0 amide bonds. The van der Waals surface area contributed by atoms with Gasteiger partial charge in [0.2, 0.25) is 0 Å². The van der Waals surface area contributed by atoms with Gasteiger partial charge in [-0.05, 0) is 74.6 Å². The molecule has 0 saturated carbocycles. The molecule has 31 heavy (non-hydrogen) atoms. The van der Waals surface area contributed by atoms with E-state index in [0.717, 1.165) is 56.8 Å². The number of fused-ring (bicyclic) bond motifs is 1. The lowest BCUT2D eigenvalue weighted by Crippen LogP contribution is -2.45. The highest BCUT2D eigenvalue weighted by atomic mass is 32.2. The van der Waals surface area contributed by atoms with Crippen LogP contribution < -0.4 is 0 Å². The minimum Gasteiger partial charge on any atom is -0.314 e. The van der Waals surface area contributed by atoms with Gasteiger partial charge in [-0.3, -0.25) is 15.6 Å². The Kier molecular flexibility index (Phi) is 7.20. The normalized spacial score (nSPS) is 18.0. The molecule has 1 fully saturated rings. The number of ketones is 1. The molecule has 0 radical (unpaired) electrons. The second-order valence-corrected chi connectivity index (χ2v) is 10.3. The monoisotopic (exact) mass is 458 g/mol. The fourth-order valence-electron chi connectivity index (χ4n) is 4.20. The Morgan fingerprint density at radius 3 is 2.61 bits per heavy atom. The van der Waals surface area contributed by atoms with Gasteiger partial charge in [-0.25, -0.2) is 4.39 Å². The number of nitrogens with one attached hydrogen (secondary N) is 2. The van der Waals surface area contributed by atoms with E-state index in [1.54, 1.807) is 35.2 Å². The SMILES string of the molecule is N=C1c2ccsc2SCCN1C(=N)C1CCN(CCCC(=O)c2ccc(F)cc2)CC1. The quantitative estimate of drug-likeness (QED) is 0.364. The maximum Gasteiger partial charge on any atom is 0.162 e. The summed E-state index contributed by atoms with van der Waals surface area (Å²) in [5, 5.41) is 19.4. The number of benzene rings is 1. The van der Waals surface area contributed by atoms with E-state index in [1.165, 1.54) is 16.3 Å². The lowest BCUT2D eigenvalue weighted by Gasteiger charge is -2.35. The Morgan fingerprint density at radius 1 is 1.13 bits per heavy atom. The van der Waals surface area contributed by atoms with Gasteiger partial charge in [0.1, 0.15) is 17.5 Å². The average Bonchev–Trinajstić information content (AvgIpc) is 3.19. The number of amidine groups is 2. The summed E-state index contributed by atoms with van der Waals surface area (Å²) >= 11 is 3.46. The van der Waals surface area contributed by atoms with Crippen LogP contribution in [0.4, 0.5) is 4.39 Å². The van der Waals surface area contributed by atoms with E-state index in [2.05, 4.69) is 4.90 Å². The number of halogens is 1. The molecule has 1 aromatic carbocycles. The third kappa shape index (κ3) is 5.25. The van der Waals surface area contributed by atoms with Crippen LogP contribution in [-0.4, -0.2) is 59.2 Å². The molecule has 1 saturated heterocycles. The minimum atomic E-state index is -0.324. The van der Waals surface area contributed by atoms with Crippen molar-refractivity contribution >= 4 is 40.6 Å². The lowest BCUT2D eigenvalue weighted by atomic mass is 9.94. The number of rotatable bonds is 6. The highest BCUT2D eigenvalue weighted by Gasteiger charge is 2.30. The highest BCUT2D eigenvalue weighted by Crippen LogP contribution is 2.33. The first-order valence-corrected chi connectivity index (χ1v) is 12.6. The third-order valence-corrected chi connectivity index (χ3v) is 8.23. The van der Waals surface area contributed by atoms with Gasteiger partial charge in [0.15, 0.2) is 5.78 Å². The van der Waals surface area contributed by atoms with Crippen LogP contribution in [0.5, 0.6) is 0 Å². The molecule has 0 atom stereocenters. The van der Waals surface area contributed by atoms with Crippen LogP contribution in [0.15, 0.2) is 39.9 Å². The zero-order valence-corrected chi connectivity index (χ0v) is 19.0. The van der Waals surface area contributed by atoms with E-state index in [9.17, 15) is 9.18 Å². The number of piperidine rings is 1. The first-order valence-electron chi connectivity index (χ1n) is 10.7. The Hall–Kier alpha value is -2.03. The topological polar surface area (TPSA) is 71.2 Å². The predicted molar refractivity (Wildman–Crippen MR) is 125 cm³/mol. The summed E-state index contributed by atoms with van der Waals surface area (Å²) in [5.74, 6) is 1.86. The molecular formula is C23H27FN4OS2. The van der Waals surface area contributed by atoms with E-state index in [4.69, 9.17) is 10.8 Å². The second-order valence-electron chi connectivity index (χ2n) is 8.01. The molecule has 2 N–H and O–H groups in total. The molecule has 4 rings (SSSR count). The summed E-state index contributed by atoms with van der Waals surface area (Å²) in [5.41, 5.74) is 1.53. The lowest BCUT2D eigenvalue weighted by molar-refractivity contribution is 0.0972. The van der Waals surface area contributed by atoms with Crippen LogP contribution in [0.1, 0.15) is 41.6 Å². The number of carbonyl (C=O) groups is 1. The van der Waals surface area contributed by atoms with E-state index in [-0.39, 0.29) is 17.5 Å². The summed E-state index contributed by atoms with van der Waals surface area (Å²) in [7, 11) is 0. The van der Waals surface area contributed by atoms with Crippen molar-refractivity contribution in [2.24, 2.45) is 5.92 Å². The van der Waals surface area contributed by atoms with Crippen LogP contribution in [-0.2, 0) is 0 Å². The first-order chi connectivity index (χ1) is 15.0. The Bertz CT molecular complexity index is 951. The molecular weight excluding hydrogens is 431 g/mol. The Balaban J connectivity index is 1.23. The molecule has 2 aromatic rings. The van der Waals surface area contributed by atoms with Crippen LogP contribution in [0.25, 0.3) is 0 Å². The Labute approximate surface area is 190 Å². The summed E-state index contributed by atoms with van der Waals surface area (Å²) < 4.78 is 14.2. The smallest absolute Gasteiger partial charge is 0.162 e. The van der Waals surface area contributed by atoms with E-state index >= 15 is 0 Å². The van der Waals surface area contributed by atoms with Gasteiger partial charge in [-0.15, -0.1) is 23.1 Å². The number of hydrogen-bond donors (Lipinski definition) is 2. The zero-order valence-electron chi connectivity index (χ0n) is 17.4. The van der Waals surface area contributed by atoms with Gasteiger partial charge in [0, 0.05) is 35.8 Å². The summed E-state index contributed by atoms with van der Waals surface area (Å²) in [6.45, 7) is 3.41. The summed E-state index contributed by atoms with van der Waals surface area (Å²) in [6.07, 6.45) is 3.08. The molecule has 1 aromatic heterocycles. The van der Waals surface area contributed by atoms with Crippen LogP contribution >= 0.6 is 23.1 Å². The highest BCUT2D eigenvalue weighted by molar-refractivity contribution is 8.01. The fourth-order valence-corrected chi connectivity index (χ4v) is 6.29. The molecule has 0 unspecified atom stereocenters. The average molecular weight is 459 g/mol. The zero-order chi connectivity index (χ0) is 21.8. The number of Topliss-reactive ketones (excluding diaryl/α,β-unsaturated/α-hetero) is 1. The van der Waals surface area contributed by atoms with Crippen LogP contribution in [0.2, 0.25) is 0 Å². The van der Waals surface area contributed by atoms with Crippen molar-refractivity contribution in [3.8, 4) is 0 Å². The van der Waals surface area contributed by atoms with Gasteiger partial charge in [-0.2, -0.15) is 0 Å². The van der Waals surface area contributed by atoms with Gasteiger partial charge in [0.05, 0.1) is 4.21 Å². The molecule has 164 valence electrons. The molecule has 8 heteroatoms. The van der Waals surface area contributed by atoms with E-state index in [0.29, 0.717) is 23.7 Å². The number of carbonyl (C=O) groups excluding carboxylic acids is 1. The van der Waals surface area contributed by atoms with E-state index < -0.39 is 0 Å². The molecule has 2 aliphatic rings. The third-order valence-electron chi connectivity index (χ3n) is 6.01. The molecule has 5 nitrogen and oxygen atoms in total. The van der Waals surface area contributed by atoms with Crippen molar-refractivity contribution in [3.05, 3.63) is 52.7 Å². The Morgan fingerprint density at radius 2 is 1.87 bits per heavy atom. The van der Waals surface area contributed by atoms with Crippen molar-refractivity contribution in [1.82, 2.24) is 9.80 Å². The standard InChI is InChI=1S/C23H27FN4OS2/c24-18-5-3-16(4-6-18)20(29)2-1-10-27-11-7-17(8-12-27)21(25)28-13-15-31-23-19(22(28)26)9-14-30-23/h3-6,9,14,17,25-26H,1-2,7-8,10-13,15H2. The molecule has 0 bridgehead atoms. The van der Waals surface area contributed by atoms with E-state index in [1.807, 2.05) is 16.3 Å². The predicted octanol–water partition coefficient (Wildman–Crippen LogP) is 4.97. The molecule has 2 aliphatic heterocycles. The molecule has 0 spiro atoms. The maximum absolute atomic E-state index is 13.0. The van der Waals surface area contributed by atoms with Crippen LogP contribution in [0, 0.1) is 22.6 Å². The van der Waals surface area contributed by atoms with Crippen LogP contribution in [0.3, 0.4) is 0 Å². The number of thioether (sulfide) groups is 1. The van der Waals surface area contributed by atoms with Gasteiger partial charge >= 0.3 is 0 Å². The van der Waals surface area contributed by atoms with Gasteiger partial charge < -0.3 is 9.80 Å². The molecule has 3 heterocycles. The largest absolute Gasteiger partial charge is 0.314 e. The second kappa shape index (κ2) is 10.1. The van der Waals surface area contributed by atoms with Crippen molar-refractivity contribution in [1.29, 1.82) is 10.8 Å². The van der Waals surface area contributed by atoms with Gasteiger partial charge in [0.25, 0.3) is 0 Å². The van der Waals surface area contributed by atoms with Gasteiger partial charge in [-0.1, -0.05) is 0 Å². The van der Waals surface area contributed by atoms with Crippen molar-refractivity contribution in [2.75, 3.05) is 31.9 Å². The molecule has 0 aliphatic carbocycles.